The molecular formula is C18H22BrN3O. The van der Waals surface area contributed by atoms with Gasteiger partial charge in [0.25, 0.3) is 5.91 Å². The van der Waals surface area contributed by atoms with Gasteiger partial charge in [0.2, 0.25) is 0 Å². The molecule has 1 aliphatic heterocycles. The summed E-state index contributed by atoms with van der Waals surface area (Å²) in [5, 5.41) is 4.25. The highest BCUT2D eigenvalue weighted by molar-refractivity contribution is 9.10. The van der Waals surface area contributed by atoms with Crippen molar-refractivity contribution in [2.75, 3.05) is 13.1 Å². The number of rotatable bonds is 3. The minimum atomic E-state index is 0.150. The van der Waals surface area contributed by atoms with Crippen molar-refractivity contribution in [3.63, 3.8) is 0 Å². The van der Waals surface area contributed by atoms with Crippen LogP contribution in [0.5, 0.6) is 0 Å². The summed E-state index contributed by atoms with van der Waals surface area (Å²) in [7, 11) is 0. The Balaban J connectivity index is 1.67. The van der Waals surface area contributed by atoms with E-state index < -0.39 is 0 Å². The Hall–Kier alpha value is -1.62. The first-order valence-electron chi connectivity index (χ1n) is 8.07. The van der Waals surface area contributed by atoms with E-state index in [-0.39, 0.29) is 5.91 Å². The van der Waals surface area contributed by atoms with E-state index in [4.69, 9.17) is 0 Å². The third kappa shape index (κ3) is 4.02. The first kappa shape index (κ1) is 16.2. The van der Waals surface area contributed by atoms with Crippen LogP contribution in [0.4, 0.5) is 0 Å². The van der Waals surface area contributed by atoms with Gasteiger partial charge in [0, 0.05) is 24.8 Å². The molecule has 0 aliphatic carbocycles. The molecule has 1 aliphatic rings. The van der Waals surface area contributed by atoms with E-state index in [1.165, 1.54) is 6.42 Å². The van der Waals surface area contributed by atoms with Gasteiger partial charge >= 0.3 is 0 Å². The number of benzene rings is 1. The van der Waals surface area contributed by atoms with E-state index in [2.05, 4.69) is 34.9 Å². The molecule has 1 aromatic heterocycles. The molecule has 122 valence electrons. The molecule has 3 rings (SSSR count). The second-order valence-corrected chi connectivity index (χ2v) is 7.62. The zero-order valence-electron chi connectivity index (χ0n) is 13.6. The maximum atomic E-state index is 12.7. The molecule has 0 spiro atoms. The number of carbonyl (C=O) groups is 1. The number of nitrogens with zero attached hydrogens (tertiary/aromatic N) is 3. The zero-order chi connectivity index (χ0) is 16.4. The van der Waals surface area contributed by atoms with E-state index >= 15 is 0 Å². The number of hydrogen-bond donors (Lipinski definition) is 0. The van der Waals surface area contributed by atoms with Crippen LogP contribution in [0, 0.1) is 11.8 Å². The summed E-state index contributed by atoms with van der Waals surface area (Å²) in [6.45, 7) is 6.89. The number of likely N-dealkylation sites (tertiary alicyclic amines) is 1. The lowest BCUT2D eigenvalue weighted by Gasteiger charge is -2.35. The molecular weight excluding hydrogens is 354 g/mol. The standard InChI is InChI=1S/C18H22BrN3O/c1-13-7-14(2)10-21(9-13)18(23)16-5-3-15(4-6-16)11-22-12-17(19)8-20-22/h3-6,8,12-14H,7,9-11H2,1-2H3. The first-order chi connectivity index (χ1) is 11.0. The second-order valence-electron chi connectivity index (χ2n) is 6.71. The molecule has 1 aromatic carbocycles. The zero-order valence-corrected chi connectivity index (χ0v) is 15.2. The molecule has 1 saturated heterocycles. The number of hydrogen-bond acceptors (Lipinski definition) is 2. The smallest absolute Gasteiger partial charge is 0.253 e. The first-order valence-corrected chi connectivity index (χ1v) is 8.86. The van der Waals surface area contributed by atoms with Crippen molar-refractivity contribution in [2.24, 2.45) is 11.8 Å². The molecule has 4 nitrogen and oxygen atoms in total. The van der Waals surface area contributed by atoms with E-state index in [0.717, 1.165) is 28.7 Å². The highest BCUT2D eigenvalue weighted by atomic mass is 79.9. The van der Waals surface area contributed by atoms with Gasteiger partial charge in [0.05, 0.1) is 17.2 Å². The molecule has 2 atom stereocenters. The van der Waals surface area contributed by atoms with Crippen LogP contribution in [0.1, 0.15) is 36.2 Å². The summed E-state index contributed by atoms with van der Waals surface area (Å²) in [5.41, 5.74) is 1.91. The molecule has 5 heteroatoms. The lowest BCUT2D eigenvalue weighted by atomic mass is 9.91. The topological polar surface area (TPSA) is 38.1 Å². The summed E-state index contributed by atoms with van der Waals surface area (Å²) < 4.78 is 2.84. The van der Waals surface area contributed by atoms with Crippen LogP contribution in [-0.2, 0) is 6.54 Å². The Morgan fingerprint density at radius 1 is 1.22 bits per heavy atom. The number of aromatic nitrogens is 2. The monoisotopic (exact) mass is 375 g/mol. The summed E-state index contributed by atoms with van der Waals surface area (Å²) in [5.74, 6) is 1.32. The average Bonchev–Trinajstić information content (AvgIpc) is 2.91. The van der Waals surface area contributed by atoms with E-state index in [0.29, 0.717) is 18.4 Å². The molecule has 1 amide bonds. The van der Waals surface area contributed by atoms with Gasteiger partial charge in [-0.1, -0.05) is 26.0 Å². The number of halogens is 1. The third-order valence-electron chi connectivity index (χ3n) is 4.30. The van der Waals surface area contributed by atoms with Gasteiger partial charge in [-0.3, -0.25) is 9.48 Å². The van der Waals surface area contributed by atoms with Gasteiger partial charge in [-0.15, -0.1) is 0 Å². The van der Waals surface area contributed by atoms with Crippen molar-refractivity contribution in [3.8, 4) is 0 Å². The molecule has 1 fully saturated rings. The fourth-order valence-corrected chi connectivity index (χ4v) is 3.70. The lowest BCUT2D eigenvalue weighted by Crippen LogP contribution is -2.42. The normalized spacial score (nSPS) is 21.4. The third-order valence-corrected chi connectivity index (χ3v) is 4.71. The van der Waals surface area contributed by atoms with Crippen molar-refractivity contribution >= 4 is 21.8 Å². The Labute approximate surface area is 145 Å². The van der Waals surface area contributed by atoms with Crippen molar-refractivity contribution in [3.05, 3.63) is 52.3 Å². The summed E-state index contributed by atoms with van der Waals surface area (Å²) >= 11 is 3.40. The molecule has 23 heavy (non-hydrogen) atoms. The van der Waals surface area contributed by atoms with Crippen LogP contribution in [0.25, 0.3) is 0 Å². The summed E-state index contributed by atoms with van der Waals surface area (Å²) in [6, 6.07) is 7.89. The second kappa shape index (κ2) is 6.87. The van der Waals surface area contributed by atoms with Crippen molar-refractivity contribution in [1.82, 2.24) is 14.7 Å². The highest BCUT2D eigenvalue weighted by Gasteiger charge is 2.25. The molecule has 2 heterocycles. The van der Waals surface area contributed by atoms with Crippen LogP contribution in [0.3, 0.4) is 0 Å². The molecule has 0 saturated carbocycles. The van der Waals surface area contributed by atoms with Gasteiger partial charge in [-0.25, -0.2) is 0 Å². The average molecular weight is 376 g/mol. The lowest BCUT2D eigenvalue weighted by molar-refractivity contribution is 0.0623. The number of piperidine rings is 1. The van der Waals surface area contributed by atoms with Crippen molar-refractivity contribution in [2.45, 2.75) is 26.8 Å². The van der Waals surface area contributed by atoms with Crippen LogP contribution in [0.15, 0.2) is 41.1 Å². The van der Waals surface area contributed by atoms with Crippen molar-refractivity contribution in [1.29, 1.82) is 0 Å². The van der Waals surface area contributed by atoms with Crippen LogP contribution in [0.2, 0.25) is 0 Å². The van der Waals surface area contributed by atoms with Gasteiger partial charge in [0.15, 0.2) is 0 Å². The maximum Gasteiger partial charge on any atom is 0.253 e. The molecule has 0 radical (unpaired) electrons. The Kier molecular flexibility index (Phi) is 4.85. The highest BCUT2D eigenvalue weighted by Crippen LogP contribution is 2.22. The largest absolute Gasteiger partial charge is 0.338 e. The predicted molar refractivity (Wildman–Crippen MR) is 94.3 cm³/mol. The van der Waals surface area contributed by atoms with Crippen molar-refractivity contribution < 1.29 is 4.79 Å². The maximum absolute atomic E-state index is 12.7. The van der Waals surface area contributed by atoms with Gasteiger partial charge in [0.1, 0.15) is 0 Å². The molecule has 0 N–H and O–H groups in total. The van der Waals surface area contributed by atoms with Gasteiger partial charge < -0.3 is 4.90 Å². The predicted octanol–water partition coefficient (Wildman–Crippen LogP) is 3.81. The van der Waals surface area contributed by atoms with E-state index in [1.807, 2.05) is 40.0 Å². The fourth-order valence-electron chi connectivity index (χ4n) is 3.38. The Morgan fingerprint density at radius 3 is 2.43 bits per heavy atom. The SMILES string of the molecule is CC1CC(C)CN(C(=O)c2ccc(Cn3cc(Br)cn3)cc2)C1. The van der Waals surface area contributed by atoms with E-state index in [1.54, 1.807) is 6.20 Å². The van der Waals surface area contributed by atoms with Gasteiger partial charge in [-0.2, -0.15) is 5.10 Å². The molecule has 2 unspecified atom stereocenters. The van der Waals surface area contributed by atoms with Crippen LogP contribution >= 0.6 is 15.9 Å². The number of amides is 1. The summed E-state index contributed by atoms with van der Waals surface area (Å²) in [6.07, 6.45) is 4.92. The Bertz CT molecular complexity index is 670. The minimum Gasteiger partial charge on any atom is -0.338 e. The van der Waals surface area contributed by atoms with Crippen LogP contribution < -0.4 is 0 Å². The minimum absolute atomic E-state index is 0.150. The van der Waals surface area contributed by atoms with E-state index in [9.17, 15) is 4.79 Å². The molecule has 2 aromatic rings. The van der Waals surface area contributed by atoms with Gasteiger partial charge in [-0.05, 0) is 51.9 Å². The van der Waals surface area contributed by atoms with Crippen LogP contribution in [-0.4, -0.2) is 33.7 Å². The number of carbonyl (C=O) groups excluding carboxylic acids is 1. The quantitative estimate of drug-likeness (QED) is 0.817. The fraction of sp³-hybridized carbons (Fsp3) is 0.444. The summed E-state index contributed by atoms with van der Waals surface area (Å²) in [4.78, 5) is 14.7. The Morgan fingerprint density at radius 2 is 1.87 bits per heavy atom. The molecule has 0 bridgehead atoms.